The number of halogens is 2. The third-order valence-electron chi connectivity index (χ3n) is 3.35. The number of carbonyl (C=O) groups is 1. The standard InChI is InChI=1S/C13H22N4OS.2ClH/c1-11(14)3-4-12(18)16-6-2-7-17(9-8-16)13-15-5-10-19-13;;/h5,10-11H,2-4,6-9,14H2,1H3;2*1H. The van der Waals surface area contributed by atoms with Crippen molar-refractivity contribution >= 4 is 47.2 Å². The maximum Gasteiger partial charge on any atom is 0.222 e. The van der Waals surface area contributed by atoms with Gasteiger partial charge in [-0.15, -0.1) is 36.2 Å². The van der Waals surface area contributed by atoms with E-state index in [9.17, 15) is 4.79 Å². The summed E-state index contributed by atoms with van der Waals surface area (Å²) in [4.78, 5) is 20.7. The van der Waals surface area contributed by atoms with Crippen molar-refractivity contribution in [3.63, 3.8) is 0 Å². The Bertz CT molecular complexity index is 403. The van der Waals surface area contributed by atoms with E-state index >= 15 is 0 Å². The van der Waals surface area contributed by atoms with Crippen molar-refractivity contribution in [3.05, 3.63) is 11.6 Å². The molecule has 8 heteroatoms. The molecule has 2 heterocycles. The fourth-order valence-electron chi connectivity index (χ4n) is 2.24. The van der Waals surface area contributed by atoms with E-state index in [1.54, 1.807) is 11.3 Å². The second kappa shape index (κ2) is 10.2. The number of anilines is 1. The summed E-state index contributed by atoms with van der Waals surface area (Å²) in [7, 11) is 0. The van der Waals surface area contributed by atoms with E-state index in [0.29, 0.717) is 6.42 Å². The van der Waals surface area contributed by atoms with Gasteiger partial charge in [0.25, 0.3) is 0 Å². The molecule has 1 aliphatic rings. The molecule has 1 atom stereocenters. The minimum absolute atomic E-state index is 0. The first-order valence-corrected chi connectivity index (χ1v) is 7.72. The third kappa shape index (κ3) is 6.38. The highest BCUT2D eigenvalue weighted by Crippen LogP contribution is 2.19. The van der Waals surface area contributed by atoms with Gasteiger partial charge in [-0.1, -0.05) is 0 Å². The number of hydrogen-bond acceptors (Lipinski definition) is 5. The zero-order chi connectivity index (χ0) is 13.7. The molecular weight excluding hydrogens is 331 g/mol. The Morgan fingerprint density at radius 3 is 2.76 bits per heavy atom. The Balaban J connectivity index is 0.00000200. The molecule has 1 aromatic rings. The number of nitrogens with zero attached hydrogens (tertiary/aromatic N) is 3. The molecule has 5 nitrogen and oxygen atoms in total. The van der Waals surface area contributed by atoms with Crippen LogP contribution < -0.4 is 10.6 Å². The first kappa shape index (κ1) is 20.4. The van der Waals surface area contributed by atoms with Crippen molar-refractivity contribution in [2.45, 2.75) is 32.2 Å². The topological polar surface area (TPSA) is 62.5 Å². The van der Waals surface area contributed by atoms with E-state index in [0.717, 1.165) is 44.2 Å². The summed E-state index contributed by atoms with van der Waals surface area (Å²) in [5.41, 5.74) is 5.70. The van der Waals surface area contributed by atoms with Crippen LogP contribution in [0.3, 0.4) is 0 Å². The number of nitrogens with two attached hydrogens (primary N) is 1. The van der Waals surface area contributed by atoms with Crippen LogP contribution in [0.2, 0.25) is 0 Å². The van der Waals surface area contributed by atoms with Crippen molar-refractivity contribution < 1.29 is 4.79 Å². The fraction of sp³-hybridized carbons (Fsp3) is 0.692. The molecule has 1 aromatic heterocycles. The molecule has 0 aliphatic carbocycles. The van der Waals surface area contributed by atoms with Gasteiger partial charge in [-0.3, -0.25) is 4.79 Å². The van der Waals surface area contributed by atoms with Crippen LogP contribution in [0.25, 0.3) is 0 Å². The zero-order valence-electron chi connectivity index (χ0n) is 12.2. The molecule has 0 aromatic carbocycles. The highest BCUT2D eigenvalue weighted by Gasteiger charge is 2.20. The lowest BCUT2D eigenvalue weighted by molar-refractivity contribution is -0.131. The minimum Gasteiger partial charge on any atom is -0.346 e. The smallest absolute Gasteiger partial charge is 0.222 e. The Kier molecular flexibility index (Phi) is 9.94. The molecular formula is C13H24Cl2N4OS. The van der Waals surface area contributed by atoms with Crippen LogP contribution in [-0.2, 0) is 4.79 Å². The second-order valence-corrected chi connectivity index (χ2v) is 5.93. The SMILES string of the molecule is CC(N)CCC(=O)N1CCCN(c2nccs2)CC1.Cl.Cl. The molecule has 0 spiro atoms. The molecule has 0 bridgehead atoms. The normalized spacial score (nSPS) is 16.5. The maximum atomic E-state index is 12.1. The summed E-state index contributed by atoms with van der Waals surface area (Å²) in [6.45, 7) is 5.43. The average molecular weight is 355 g/mol. The van der Waals surface area contributed by atoms with Gasteiger partial charge >= 0.3 is 0 Å². The van der Waals surface area contributed by atoms with E-state index in [2.05, 4.69) is 9.88 Å². The number of aromatic nitrogens is 1. The number of amides is 1. The van der Waals surface area contributed by atoms with Gasteiger partial charge in [0.15, 0.2) is 5.13 Å². The lowest BCUT2D eigenvalue weighted by Gasteiger charge is -2.22. The van der Waals surface area contributed by atoms with Gasteiger partial charge in [0, 0.05) is 50.2 Å². The highest BCUT2D eigenvalue weighted by atomic mass is 35.5. The van der Waals surface area contributed by atoms with Gasteiger partial charge in [0.05, 0.1) is 0 Å². The fourth-order valence-corrected chi connectivity index (χ4v) is 2.94. The number of thiazole rings is 1. The maximum absolute atomic E-state index is 12.1. The van der Waals surface area contributed by atoms with Crippen molar-refractivity contribution in [1.82, 2.24) is 9.88 Å². The molecule has 0 radical (unpaired) electrons. The molecule has 2 N–H and O–H groups in total. The van der Waals surface area contributed by atoms with Crippen molar-refractivity contribution in [3.8, 4) is 0 Å². The molecule has 0 saturated carbocycles. The van der Waals surface area contributed by atoms with E-state index in [-0.39, 0.29) is 36.8 Å². The molecule has 1 amide bonds. The minimum atomic E-state index is 0. The quantitative estimate of drug-likeness (QED) is 0.899. The molecule has 1 fully saturated rings. The number of rotatable bonds is 4. The number of carbonyl (C=O) groups excluding carboxylic acids is 1. The lowest BCUT2D eigenvalue weighted by Crippen LogP contribution is -2.35. The van der Waals surface area contributed by atoms with E-state index in [4.69, 9.17) is 5.73 Å². The van der Waals surface area contributed by atoms with Crippen LogP contribution >= 0.6 is 36.2 Å². The van der Waals surface area contributed by atoms with E-state index < -0.39 is 0 Å². The van der Waals surface area contributed by atoms with Gasteiger partial charge in [0.1, 0.15) is 0 Å². The highest BCUT2D eigenvalue weighted by molar-refractivity contribution is 7.13. The van der Waals surface area contributed by atoms with Crippen molar-refractivity contribution in [2.24, 2.45) is 5.73 Å². The molecule has 1 saturated heterocycles. The molecule has 2 rings (SSSR count). The summed E-state index contributed by atoms with van der Waals surface area (Å²) in [6, 6.07) is 0.0998. The Morgan fingerprint density at radius 1 is 1.38 bits per heavy atom. The van der Waals surface area contributed by atoms with Crippen LogP contribution in [-0.4, -0.2) is 48.0 Å². The van der Waals surface area contributed by atoms with Gasteiger partial charge in [-0.2, -0.15) is 0 Å². The van der Waals surface area contributed by atoms with Crippen molar-refractivity contribution in [1.29, 1.82) is 0 Å². The second-order valence-electron chi connectivity index (χ2n) is 5.05. The van der Waals surface area contributed by atoms with Crippen LogP contribution in [0.4, 0.5) is 5.13 Å². The van der Waals surface area contributed by atoms with E-state index in [1.807, 2.05) is 23.4 Å². The van der Waals surface area contributed by atoms with E-state index in [1.165, 1.54) is 0 Å². The summed E-state index contributed by atoms with van der Waals surface area (Å²) >= 11 is 1.66. The Morgan fingerprint density at radius 2 is 2.14 bits per heavy atom. The summed E-state index contributed by atoms with van der Waals surface area (Å²) in [5, 5.41) is 3.05. The van der Waals surface area contributed by atoms with Crippen LogP contribution in [0.15, 0.2) is 11.6 Å². The predicted octanol–water partition coefficient (Wildman–Crippen LogP) is 2.15. The molecule has 1 aliphatic heterocycles. The summed E-state index contributed by atoms with van der Waals surface area (Å²) in [6.07, 6.45) is 4.17. The lowest BCUT2D eigenvalue weighted by atomic mass is 10.2. The number of hydrogen-bond donors (Lipinski definition) is 1. The molecule has 1 unspecified atom stereocenters. The van der Waals surface area contributed by atoms with Crippen molar-refractivity contribution in [2.75, 3.05) is 31.1 Å². The van der Waals surface area contributed by atoms with Crippen LogP contribution in [0.5, 0.6) is 0 Å². The average Bonchev–Trinajstić information content (AvgIpc) is 2.80. The van der Waals surface area contributed by atoms with Crippen LogP contribution in [0.1, 0.15) is 26.2 Å². The van der Waals surface area contributed by atoms with Gasteiger partial charge < -0.3 is 15.5 Å². The molecule has 122 valence electrons. The zero-order valence-corrected chi connectivity index (χ0v) is 14.7. The molecule has 21 heavy (non-hydrogen) atoms. The van der Waals surface area contributed by atoms with Gasteiger partial charge in [-0.05, 0) is 19.8 Å². The van der Waals surface area contributed by atoms with Gasteiger partial charge in [0.2, 0.25) is 5.91 Å². The largest absolute Gasteiger partial charge is 0.346 e. The third-order valence-corrected chi connectivity index (χ3v) is 4.18. The Hall–Kier alpha value is -0.560. The first-order valence-electron chi connectivity index (χ1n) is 6.84. The predicted molar refractivity (Wildman–Crippen MR) is 92.9 cm³/mol. The van der Waals surface area contributed by atoms with Gasteiger partial charge in [-0.25, -0.2) is 4.98 Å². The summed E-state index contributed by atoms with van der Waals surface area (Å²) in [5.74, 6) is 0.235. The first-order chi connectivity index (χ1) is 9.16. The van der Waals surface area contributed by atoms with Crippen LogP contribution in [0, 0.1) is 0 Å². The summed E-state index contributed by atoms with van der Waals surface area (Å²) < 4.78 is 0. The Labute approximate surface area is 142 Å². The monoisotopic (exact) mass is 354 g/mol.